The lowest BCUT2D eigenvalue weighted by Crippen LogP contribution is -2.20. The average Bonchev–Trinajstić information content (AvgIpc) is 3.04. The molecule has 31 heavy (non-hydrogen) atoms. The van der Waals surface area contributed by atoms with Gasteiger partial charge in [-0.25, -0.2) is 14.4 Å². The maximum Gasteiger partial charge on any atom is 0.257 e. The Morgan fingerprint density at radius 2 is 2.00 bits per heavy atom. The molecule has 0 radical (unpaired) electrons. The highest BCUT2D eigenvalue weighted by Crippen LogP contribution is 2.37. The van der Waals surface area contributed by atoms with Gasteiger partial charge in [-0.1, -0.05) is 29.8 Å². The first-order valence-corrected chi connectivity index (χ1v) is 9.76. The number of nitrogens with zero attached hydrogens (tertiary/aromatic N) is 3. The van der Waals surface area contributed by atoms with Crippen LogP contribution < -0.4 is 11.1 Å². The molecule has 7 nitrogen and oxygen atoms in total. The topological polar surface area (TPSA) is 106 Å². The third-order valence-electron chi connectivity index (χ3n) is 4.90. The van der Waals surface area contributed by atoms with Gasteiger partial charge < -0.3 is 20.7 Å². The first kappa shape index (κ1) is 20.8. The number of nitrogens with one attached hydrogen (secondary N) is 1. The van der Waals surface area contributed by atoms with Crippen LogP contribution in [0.5, 0.6) is 0 Å². The monoisotopic (exact) mass is 439 g/mol. The number of carbonyl (C=O) groups is 1. The van der Waals surface area contributed by atoms with Gasteiger partial charge in [0.25, 0.3) is 5.91 Å². The number of amides is 1. The van der Waals surface area contributed by atoms with E-state index in [0.717, 1.165) is 11.6 Å². The molecule has 4 rings (SSSR count). The number of carbonyl (C=O) groups excluding carboxylic acids is 1. The molecular weight excluding hydrogens is 421 g/mol. The van der Waals surface area contributed by atoms with Gasteiger partial charge in [-0.05, 0) is 36.8 Å². The van der Waals surface area contributed by atoms with Crippen molar-refractivity contribution in [1.82, 2.24) is 14.5 Å². The maximum atomic E-state index is 13.4. The van der Waals surface area contributed by atoms with Crippen molar-refractivity contribution in [3.63, 3.8) is 0 Å². The van der Waals surface area contributed by atoms with E-state index in [1.165, 1.54) is 18.2 Å². The lowest BCUT2D eigenvalue weighted by molar-refractivity contribution is -0.124. The number of nitrogen functional groups attached to an aromatic ring is 1. The zero-order valence-corrected chi connectivity index (χ0v) is 17.5. The maximum absolute atomic E-state index is 13.4. The van der Waals surface area contributed by atoms with Crippen molar-refractivity contribution in [3.8, 4) is 11.1 Å². The minimum atomic E-state index is -1.52. The number of hydrogen-bond acceptors (Lipinski definition) is 5. The van der Waals surface area contributed by atoms with Gasteiger partial charge in [-0.3, -0.25) is 4.79 Å². The summed E-state index contributed by atoms with van der Waals surface area (Å²) in [5.74, 6) is -0.318. The zero-order chi connectivity index (χ0) is 22.3. The second-order valence-corrected chi connectivity index (χ2v) is 7.56. The summed E-state index contributed by atoms with van der Waals surface area (Å²) >= 11 is 6.50. The highest BCUT2D eigenvalue weighted by molar-refractivity contribution is 6.34. The summed E-state index contributed by atoms with van der Waals surface area (Å²) in [6.07, 6.45) is 0.342. The van der Waals surface area contributed by atoms with Crippen molar-refractivity contribution in [2.75, 3.05) is 11.1 Å². The SMILES string of the molecule is Cc1nc(N)c2c(-c3ccc(NC(=O)C(O)c4cccc(F)c4)cc3Cl)cn(C)c2n1. The second-order valence-electron chi connectivity index (χ2n) is 7.15. The molecule has 0 bridgehead atoms. The van der Waals surface area contributed by atoms with Gasteiger partial charge in [-0.2, -0.15) is 0 Å². The number of aliphatic hydroxyl groups excluding tert-OH is 1. The molecule has 2 aromatic heterocycles. The number of rotatable bonds is 4. The normalized spacial score (nSPS) is 12.2. The Kier molecular flexibility index (Phi) is 5.34. The van der Waals surface area contributed by atoms with Crippen molar-refractivity contribution in [3.05, 3.63) is 70.9 Å². The molecule has 1 atom stereocenters. The van der Waals surface area contributed by atoms with E-state index in [0.29, 0.717) is 38.9 Å². The number of anilines is 2. The molecular formula is C22H19ClFN5O2. The van der Waals surface area contributed by atoms with Gasteiger partial charge in [-0.15, -0.1) is 0 Å². The molecule has 1 amide bonds. The molecule has 2 aromatic carbocycles. The first-order chi connectivity index (χ1) is 14.7. The van der Waals surface area contributed by atoms with Gasteiger partial charge in [0.1, 0.15) is 23.1 Å². The summed E-state index contributed by atoms with van der Waals surface area (Å²) in [4.78, 5) is 21.1. The molecule has 9 heteroatoms. The Hall–Kier alpha value is -3.49. The summed E-state index contributed by atoms with van der Waals surface area (Å²) in [6, 6.07) is 10.2. The van der Waals surface area contributed by atoms with Crippen LogP contribution in [0.1, 0.15) is 17.5 Å². The van der Waals surface area contributed by atoms with Crippen molar-refractivity contribution >= 4 is 40.0 Å². The summed E-state index contributed by atoms with van der Waals surface area (Å²) < 4.78 is 15.2. The lowest BCUT2D eigenvalue weighted by Gasteiger charge is -2.13. The predicted molar refractivity (Wildman–Crippen MR) is 118 cm³/mol. The minimum Gasteiger partial charge on any atom is -0.383 e. The molecule has 0 fully saturated rings. The minimum absolute atomic E-state index is 0.154. The van der Waals surface area contributed by atoms with E-state index in [1.54, 1.807) is 25.1 Å². The fraction of sp³-hybridized carbons (Fsp3) is 0.136. The van der Waals surface area contributed by atoms with Crippen molar-refractivity contribution in [2.24, 2.45) is 7.05 Å². The fourth-order valence-corrected chi connectivity index (χ4v) is 3.75. The number of aliphatic hydroxyl groups is 1. The quantitative estimate of drug-likeness (QED) is 0.445. The third-order valence-corrected chi connectivity index (χ3v) is 5.21. The molecule has 0 saturated carbocycles. The molecule has 0 spiro atoms. The van der Waals surface area contributed by atoms with Crippen LogP contribution >= 0.6 is 11.6 Å². The van der Waals surface area contributed by atoms with Gasteiger partial charge in [0.2, 0.25) is 0 Å². The number of nitrogens with two attached hydrogens (primary N) is 1. The van der Waals surface area contributed by atoms with E-state index in [4.69, 9.17) is 17.3 Å². The molecule has 0 aliphatic carbocycles. The van der Waals surface area contributed by atoms with E-state index in [1.807, 2.05) is 17.8 Å². The highest BCUT2D eigenvalue weighted by Gasteiger charge is 2.20. The van der Waals surface area contributed by atoms with E-state index in [-0.39, 0.29) is 5.56 Å². The van der Waals surface area contributed by atoms with E-state index >= 15 is 0 Å². The smallest absolute Gasteiger partial charge is 0.257 e. The molecule has 0 aliphatic rings. The van der Waals surface area contributed by atoms with Gasteiger partial charge in [0.05, 0.1) is 10.4 Å². The number of aromatic nitrogens is 3. The number of halogens is 2. The summed E-state index contributed by atoms with van der Waals surface area (Å²) in [6.45, 7) is 1.77. The Balaban J connectivity index is 1.64. The number of aryl methyl sites for hydroxylation is 2. The van der Waals surface area contributed by atoms with Crippen LogP contribution in [0.25, 0.3) is 22.2 Å². The predicted octanol–water partition coefficient (Wildman–Crippen LogP) is 3.99. The van der Waals surface area contributed by atoms with Gasteiger partial charge in [0.15, 0.2) is 6.10 Å². The van der Waals surface area contributed by atoms with Crippen LogP contribution in [0, 0.1) is 12.7 Å². The molecule has 0 aliphatic heterocycles. The Labute approximate surface area is 182 Å². The van der Waals surface area contributed by atoms with Crippen LogP contribution in [-0.4, -0.2) is 25.5 Å². The van der Waals surface area contributed by atoms with E-state index < -0.39 is 17.8 Å². The standard InChI is InChI=1S/C22H19ClFN5O2/c1-11-26-20(25)18-16(10-29(2)21(18)27-11)15-7-6-14(9-17(15)23)28-22(31)19(30)12-4-3-5-13(24)8-12/h3-10,19,30H,1-2H3,(H,28,31)(H2,25,26,27). The van der Waals surface area contributed by atoms with Gasteiger partial charge in [0, 0.05) is 30.1 Å². The largest absolute Gasteiger partial charge is 0.383 e. The second kappa shape index (κ2) is 7.98. The Morgan fingerprint density at radius 3 is 2.71 bits per heavy atom. The molecule has 1 unspecified atom stereocenters. The summed E-state index contributed by atoms with van der Waals surface area (Å²) in [5, 5.41) is 13.9. The fourth-order valence-electron chi connectivity index (χ4n) is 3.47. The van der Waals surface area contributed by atoms with Crippen LogP contribution in [0.3, 0.4) is 0 Å². The molecule has 0 saturated heterocycles. The van der Waals surface area contributed by atoms with E-state index in [9.17, 15) is 14.3 Å². The highest BCUT2D eigenvalue weighted by atomic mass is 35.5. The first-order valence-electron chi connectivity index (χ1n) is 9.38. The average molecular weight is 440 g/mol. The third kappa shape index (κ3) is 3.95. The van der Waals surface area contributed by atoms with Crippen LogP contribution in [0.15, 0.2) is 48.7 Å². The molecule has 4 N–H and O–H groups in total. The van der Waals surface area contributed by atoms with Crippen molar-refractivity contribution < 1.29 is 14.3 Å². The van der Waals surface area contributed by atoms with Crippen LogP contribution in [-0.2, 0) is 11.8 Å². The van der Waals surface area contributed by atoms with E-state index in [2.05, 4.69) is 15.3 Å². The van der Waals surface area contributed by atoms with Crippen molar-refractivity contribution in [1.29, 1.82) is 0 Å². The lowest BCUT2D eigenvalue weighted by atomic mass is 10.0. The number of benzene rings is 2. The van der Waals surface area contributed by atoms with Crippen molar-refractivity contribution in [2.45, 2.75) is 13.0 Å². The van der Waals surface area contributed by atoms with Crippen LogP contribution in [0.2, 0.25) is 5.02 Å². The Morgan fingerprint density at radius 1 is 1.23 bits per heavy atom. The molecule has 158 valence electrons. The molecule has 4 aromatic rings. The number of hydrogen-bond donors (Lipinski definition) is 3. The zero-order valence-electron chi connectivity index (χ0n) is 16.7. The Bertz CT molecular complexity index is 1320. The number of fused-ring (bicyclic) bond motifs is 1. The summed E-state index contributed by atoms with van der Waals surface area (Å²) in [5.41, 5.74) is 8.81. The molecule has 2 heterocycles. The van der Waals surface area contributed by atoms with Crippen LogP contribution in [0.4, 0.5) is 15.9 Å². The summed E-state index contributed by atoms with van der Waals surface area (Å²) in [7, 11) is 1.86. The van der Waals surface area contributed by atoms with Gasteiger partial charge >= 0.3 is 0 Å².